The summed E-state index contributed by atoms with van der Waals surface area (Å²) in [6.07, 6.45) is 1.08. The van der Waals surface area contributed by atoms with Gasteiger partial charge < -0.3 is 25.5 Å². The van der Waals surface area contributed by atoms with Crippen LogP contribution in [-0.4, -0.2) is 63.6 Å². The monoisotopic (exact) mass is 364 g/mol. The van der Waals surface area contributed by atoms with Gasteiger partial charge in [-0.25, -0.2) is 0 Å². The highest BCUT2D eigenvalue weighted by molar-refractivity contribution is 5.86. The van der Waals surface area contributed by atoms with Crippen LogP contribution in [0.4, 0.5) is 0 Å². The number of nitrogens with one attached hydrogen (secondary N) is 1. The van der Waals surface area contributed by atoms with Crippen LogP contribution in [0.25, 0.3) is 0 Å². The number of rotatable bonds is 8. The SMILES string of the molecule is CC(C)c1ccc(CN2CCCC(O)(CNC(C)(CO)CO)C2=O)cc1. The van der Waals surface area contributed by atoms with Crippen molar-refractivity contribution in [1.82, 2.24) is 10.2 Å². The van der Waals surface area contributed by atoms with E-state index in [0.717, 1.165) is 5.56 Å². The number of aliphatic hydroxyl groups is 3. The number of nitrogens with zero attached hydrogens (tertiary/aromatic N) is 1. The zero-order valence-corrected chi connectivity index (χ0v) is 16.0. The molecule has 1 heterocycles. The highest BCUT2D eigenvalue weighted by Gasteiger charge is 2.43. The van der Waals surface area contributed by atoms with Crippen molar-refractivity contribution in [3.8, 4) is 0 Å². The van der Waals surface area contributed by atoms with Crippen LogP contribution in [0.5, 0.6) is 0 Å². The first-order chi connectivity index (χ1) is 12.2. The first-order valence-corrected chi connectivity index (χ1v) is 9.30. The largest absolute Gasteiger partial charge is 0.394 e. The van der Waals surface area contributed by atoms with Gasteiger partial charge in [-0.2, -0.15) is 0 Å². The second-order valence-corrected chi connectivity index (χ2v) is 7.99. The zero-order chi connectivity index (χ0) is 19.4. The van der Waals surface area contributed by atoms with Gasteiger partial charge in [0, 0.05) is 19.6 Å². The van der Waals surface area contributed by atoms with Crippen LogP contribution in [0.15, 0.2) is 24.3 Å². The van der Waals surface area contributed by atoms with E-state index in [1.165, 1.54) is 5.56 Å². The molecule has 1 unspecified atom stereocenters. The smallest absolute Gasteiger partial charge is 0.256 e. The van der Waals surface area contributed by atoms with Crippen LogP contribution in [-0.2, 0) is 11.3 Å². The number of β-amino-alcohol motifs (C(OH)–C–C–N with tert-alkyl or cyclic N) is 1. The van der Waals surface area contributed by atoms with E-state index in [2.05, 4.69) is 31.3 Å². The number of amides is 1. The highest BCUT2D eigenvalue weighted by atomic mass is 16.3. The molecule has 6 nitrogen and oxygen atoms in total. The van der Waals surface area contributed by atoms with Crippen molar-refractivity contribution in [3.63, 3.8) is 0 Å². The summed E-state index contributed by atoms with van der Waals surface area (Å²) in [7, 11) is 0. The van der Waals surface area contributed by atoms with Gasteiger partial charge in [-0.3, -0.25) is 4.79 Å². The fourth-order valence-corrected chi connectivity index (χ4v) is 3.13. The van der Waals surface area contributed by atoms with Crippen molar-refractivity contribution in [2.75, 3.05) is 26.3 Å². The maximum atomic E-state index is 12.8. The third-order valence-corrected chi connectivity index (χ3v) is 5.23. The average molecular weight is 364 g/mol. The van der Waals surface area contributed by atoms with E-state index in [1.54, 1.807) is 11.8 Å². The molecule has 1 saturated heterocycles. The molecule has 1 aliphatic rings. The molecule has 1 amide bonds. The standard InChI is InChI=1S/C20H32N2O4/c1-15(2)17-7-5-16(6-8-17)11-22-10-4-9-20(26,18(22)25)12-21-19(3,13-23)14-24/h5-8,15,21,23-24,26H,4,9-14H2,1-3H3. The lowest BCUT2D eigenvalue weighted by Gasteiger charge is -2.40. The summed E-state index contributed by atoms with van der Waals surface area (Å²) in [6, 6.07) is 8.22. The molecule has 0 aromatic heterocycles. The number of aliphatic hydroxyl groups excluding tert-OH is 2. The minimum Gasteiger partial charge on any atom is -0.394 e. The van der Waals surface area contributed by atoms with Crippen LogP contribution >= 0.6 is 0 Å². The molecule has 1 aliphatic heterocycles. The summed E-state index contributed by atoms with van der Waals surface area (Å²) in [5.41, 5.74) is -0.144. The van der Waals surface area contributed by atoms with Gasteiger partial charge in [0.15, 0.2) is 5.60 Å². The quantitative estimate of drug-likeness (QED) is 0.552. The second kappa shape index (κ2) is 8.48. The summed E-state index contributed by atoms with van der Waals surface area (Å²) in [4.78, 5) is 14.5. The van der Waals surface area contributed by atoms with Gasteiger partial charge in [0.2, 0.25) is 0 Å². The van der Waals surface area contributed by atoms with Gasteiger partial charge >= 0.3 is 0 Å². The van der Waals surface area contributed by atoms with Crippen LogP contribution in [0.2, 0.25) is 0 Å². The van der Waals surface area contributed by atoms with Crippen LogP contribution in [0, 0.1) is 0 Å². The molecule has 0 aliphatic carbocycles. The van der Waals surface area contributed by atoms with Gasteiger partial charge in [-0.15, -0.1) is 0 Å². The molecule has 146 valence electrons. The number of hydrogen-bond donors (Lipinski definition) is 4. The first-order valence-electron chi connectivity index (χ1n) is 9.30. The number of piperidine rings is 1. The first kappa shape index (κ1) is 20.8. The van der Waals surface area contributed by atoms with Crippen molar-refractivity contribution in [2.45, 2.75) is 57.2 Å². The second-order valence-electron chi connectivity index (χ2n) is 7.99. The molecule has 26 heavy (non-hydrogen) atoms. The van der Waals surface area contributed by atoms with E-state index in [9.17, 15) is 20.1 Å². The lowest BCUT2D eigenvalue weighted by Crippen LogP contribution is -2.61. The topological polar surface area (TPSA) is 93.0 Å². The Hall–Kier alpha value is -1.47. The third kappa shape index (κ3) is 4.82. The van der Waals surface area contributed by atoms with E-state index in [0.29, 0.717) is 31.8 Å². The number of likely N-dealkylation sites (tertiary alicyclic amines) is 1. The summed E-state index contributed by atoms with van der Waals surface area (Å²) < 4.78 is 0. The maximum absolute atomic E-state index is 12.8. The molecule has 1 aromatic carbocycles. The van der Waals surface area contributed by atoms with Gasteiger partial charge in [0.25, 0.3) is 5.91 Å². The number of carbonyl (C=O) groups is 1. The Labute approximate surface area is 155 Å². The molecule has 1 aromatic rings. The number of benzene rings is 1. The lowest BCUT2D eigenvalue weighted by molar-refractivity contribution is -0.158. The van der Waals surface area contributed by atoms with E-state index in [-0.39, 0.29) is 25.7 Å². The zero-order valence-electron chi connectivity index (χ0n) is 16.0. The Morgan fingerprint density at radius 3 is 2.38 bits per heavy atom. The molecule has 0 radical (unpaired) electrons. The van der Waals surface area contributed by atoms with Crippen molar-refractivity contribution in [3.05, 3.63) is 35.4 Å². The van der Waals surface area contributed by atoms with E-state index >= 15 is 0 Å². The Morgan fingerprint density at radius 1 is 1.23 bits per heavy atom. The Morgan fingerprint density at radius 2 is 1.85 bits per heavy atom. The summed E-state index contributed by atoms with van der Waals surface area (Å²) >= 11 is 0. The van der Waals surface area contributed by atoms with E-state index in [4.69, 9.17) is 0 Å². The van der Waals surface area contributed by atoms with Crippen molar-refractivity contribution < 1.29 is 20.1 Å². The predicted octanol–water partition coefficient (Wildman–Crippen LogP) is 0.996. The van der Waals surface area contributed by atoms with E-state index in [1.807, 2.05) is 12.1 Å². The fraction of sp³-hybridized carbons (Fsp3) is 0.650. The van der Waals surface area contributed by atoms with Crippen LogP contribution < -0.4 is 5.32 Å². The van der Waals surface area contributed by atoms with Crippen molar-refractivity contribution in [1.29, 1.82) is 0 Å². The third-order valence-electron chi connectivity index (χ3n) is 5.23. The predicted molar refractivity (Wildman–Crippen MR) is 101 cm³/mol. The molecule has 1 fully saturated rings. The Balaban J connectivity index is 2.03. The lowest BCUT2D eigenvalue weighted by atomic mass is 9.90. The molecule has 1 atom stereocenters. The molecule has 6 heteroatoms. The molecule has 2 rings (SSSR count). The fourth-order valence-electron chi connectivity index (χ4n) is 3.13. The molecular formula is C20H32N2O4. The molecule has 0 spiro atoms. The summed E-state index contributed by atoms with van der Waals surface area (Å²) in [5.74, 6) is 0.159. The Kier molecular flexibility index (Phi) is 6.80. The maximum Gasteiger partial charge on any atom is 0.256 e. The van der Waals surface area contributed by atoms with Crippen molar-refractivity contribution >= 4 is 5.91 Å². The highest BCUT2D eigenvalue weighted by Crippen LogP contribution is 2.25. The summed E-state index contributed by atoms with van der Waals surface area (Å²) in [6.45, 7) is 6.47. The normalized spacial score (nSPS) is 21.5. The average Bonchev–Trinajstić information content (AvgIpc) is 2.64. The van der Waals surface area contributed by atoms with Crippen LogP contribution in [0.3, 0.4) is 0 Å². The molecular weight excluding hydrogens is 332 g/mol. The minimum atomic E-state index is -1.51. The van der Waals surface area contributed by atoms with Crippen molar-refractivity contribution in [2.24, 2.45) is 0 Å². The van der Waals surface area contributed by atoms with Crippen LogP contribution in [0.1, 0.15) is 50.7 Å². The minimum absolute atomic E-state index is 0.00619. The molecule has 0 bridgehead atoms. The van der Waals surface area contributed by atoms with Gasteiger partial charge in [0.05, 0.1) is 18.8 Å². The van der Waals surface area contributed by atoms with Gasteiger partial charge in [-0.05, 0) is 36.8 Å². The van der Waals surface area contributed by atoms with Gasteiger partial charge in [0.1, 0.15) is 0 Å². The molecule has 4 N–H and O–H groups in total. The number of carbonyl (C=O) groups excluding carboxylic acids is 1. The molecule has 0 saturated carbocycles. The summed E-state index contributed by atoms with van der Waals surface area (Å²) in [5, 5.41) is 32.5. The van der Waals surface area contributed by atoms with Gasteiger partial charge in [-0.1, -0.05) is 38.1 Å². The number of hydrogen-bond acceptors (Lipinski definition) is 5. The Bertz CT molecular complexity index is 598. The van der Waals surface area contributed by atoms with E-state index < -0.39 is 11.1 Å².